The molecule has 0 aromatic carbocycles. The molecular weight excluding hydrogens is 406 g/mol. The number of aromatic nitrogens is 1. The summed E-state index contributed by atoms with van der Waals surface area (Å²) in [4.78, 5) is 55.3. The van der Waals surface area contributed by atoms with E-state index in [1.807, 2.05) is 0 Å². The van der Waals surface area contributed by atoms with E-state index in [9.17, 15) is 19.2 Å². The summed E-state index contributed by atoms with van der Waals surface area (Å²) in [6.45, 7) is 1.36. The zero-order valence-electron chi connectivity index (χ0n) is 13.6. The van der Waals surface area contributed by atoms with Crippen LogP contribution in [0.3, 0.4) is 0 Å². The molecule has 10 nitrogen and oxygen atoms in total. The molecule has 1 saturated heterocycles. The molecule has 3 N–H and O–H groups in total. The van der Waals surface area contributed by atoms with Gasteiger partial charge in [0.2, 0.25) is 11.8 Å². The van der Waals surface area contributed by atoms with Crippen LogP contribution < -0.4 is 16.0 Å². The number of hydrogen-bond donors (Lipinski definition) is 3. The summed E-state index contributed by atoms with van der Waals surface area (Å²) in [5.41, 5.74) is -0.0314. The van der Waals surface area contributed by atoms with Gasteiger partial charge in [-0.2, -0.15) is 0 Å². The summed E-state index contributed by atoms with van der Waals surface area (Å²) in [5, 5.41) is 12.1. The highest BCUT2D eigenvalue weighted by molar-refractivity contribution is 8.14. The van der Waals surface area contributed by atoms with Gasteiger partial charge in [-0.15, -0.1) is 22.9 Å². The van der Waals surface area contributed by atoms with Crippen molar-refractivity contribution in [3.05, 3.63) is 11.1 Å². The van der Waals surface area contributed by atoms with E-state index in [-0.39, 0.29) is 27.5 Å². The lowest BCUT2D eigenvalue weighted by atomic mass is 10.1. The molecule has 0 radical (unpaired) electrons. The first-order valence-corrected chi connectivity index (χ1v) is 9.36. The summed E-state index contributed by atoms with van der Waals surface area (Å²) in [6.07, 6.45) is 0. The molecule has 0 saturated carbocycles. The molecule has 13 heteroatoms. The number of rotatable bonds is 7. The molecule has 1 aliphatic rings. The van der Waals surface area contributed by atoms with Gasteiger partial charge in [0.05, 0.1) is 0 Å². The van der Waals surface area contributed by atoms with Crippen LogP contribution in [0.4, 0.5) is 5.13 Å². The molecule has 0 aliphatic carbocycles. The van der Waals surface area contributed by atoms with Crippen molar-refractivity contribution in [2.75, 3.05) is 18.3 Å². The largest absolute Gasteiger partial charge is 0.398 e. The Labute approximate surface area is 161 Å². The van der Waals surface area contributed by atoms with Gasteiger partial charge in [0.1, 0.15) is 30.1 Å². The maximum absolute atomic E-state index is 12.5. The van der Waals surface area contributed by atoms with Crippen molar-refractivity contribution in [3.63, 3.8) is 0 Å². The minimum absolute atomic E-state index is 0.148. The molecule has 1 fully saturated rings. The van der Waals surface area contributed by atoms with Gasteiger partial charge in [-0.1, -0.05) is 16.9 Å². The zero-order chi connectivity index (χ0) is 19.3. The Morgan fingerprint density at radius 2 is 2.23 bits per heavy atom. The normalized spacial score (nSPS) is 19.2. The topological polar surface area (TPSA) is 139 Å². The van der Waals surface area contributed by atoms with E-state index in [4.69, 9.17) is 11.6 Å². The van der Waals surface area contributed by atoms with Gasteiger partial charge in [0, 0.05) is 12.3 Å². The summed E-state index contributed by atoms with van der Waals surface area (Å²) < 4.78 is 0. The minimum Gasteiger partial charge on any atom is -0.398 e. The number of hydrogen-bond acceptors (Lipinski definition) is 9. The lowest BCUT2D eigenvalue weighted by Gasteiger charge is -2.35. The number of nitrogens with zero attached hydrogens (tertiary/aromatic N) is 2. The van der Waals surface area contributed by atoms with Gasteiger partial charge in [0.25, 0.3) is 5.91 Å². The molecule has 0 bridgehead atoms. The van der Waals surface area contributed by atoms with E-state index in [0.29, 0.717) is 0 Å². The monoisotopic (exact) mass is 419 g/mol. The Kier molecular flexibility index (Phi) is 6.94. The molecule has 140 valence electrons. The standard InChI is InChI=1S/C13H14ClN5O5S2/c1-5(20)26-12-9(11(23)18-12)17-10(22)8(19-24-2)6-4-25-13(15-6)16-7(21)3-14/h4,9,12H,3H2,1-2H3,(H,17,22)(H,18,23)(H,15,16,21)/t9-,12-/m1/s1. The second kappa shape index (κ2) is 8.96. The molecule has 0 spiro atoms. The second-order valence-electron chi connectivity index (χ2n) is 4.83. The summed E-state index contributed by atoms with van der Waals surface area (Å²) in [5.74, 6) is -1.80. The number of carbonyl (C=O) groups is 4. The number of anilines is 1. The van der Waals surface area contributed by atoms with Gasteiger partial charge < -0.3 is 20.8 Å². The Balaban J connectivity index is 2.10. The molecule has 1 aliphatic heterocycles. The summed E-state index contributed by atoms with van der Waals surface area (Å²) >= 11 is 7.37. The van der Waals surface area contributed by atoms with Gasteiger partial charge in [-0.3, -0.25) is 19.2 Å². The number of thioether (sulfide) groups is 1. The molecule has 26 heavy (non-hydrogen) atoms. The van der Waals surface area contributed by atoms with Crippen LogP contribution in [0.2, 0.25) is 0 Å². The van der Waals surface area contributed by atoms with E-state index in [1.54, 1.807) is 0 Å². The van der Waals surface area contributed by atoms with Gasteiger partial charge >= 0.3 is 0 Å². The highest BCUT2D eigenvalue weighted by Gasteiger charge is 2.42. The predicted octanol–water partition coefficient (Wildman–Crippen LogP) is -0.109. The molecule has 2 rings (SSSR count). The molecule has 2 atom stereocenters. The third-order valence-corrected chi connectivity index (χ3v) is 4.94. The van der Waals surface area contributed by atoms with Crippen LogP contribution in [-0.4, -0.2) is 57.9 Å². The number of halogens is 1. The number of amides is 3. The number of alkyl halides is 1. The third kappa shape index (κ3) is 4.93. The highest BCUT2D eigenvalue weighted by Crippen LogP contribution is 2.21. The lowest BCUT2D eigenvalue weighted by molar-refractivity contribution is -0.132. The van der Waals surface area contributed by atoms with Crippen LogP contribution in [0.25, 0.3) is 0 Å². The Bertz CT molecular complexity index is 768. The first kappa shape index (κ1) is 20.1. The van der Waals surface area contributed by atoms with E-state index < -0.39 is 29.1 Å². The fourth-order valence-corrected chi connectivity index (χ4v) is 3.51. The average Bonchev–Trinajstić information content (AvgIpc) is 3.04. The van der Waals surface area contributed by atoms with Crippen molar-refractivity contribution in [1.29, 1.82) is 0 Å². The maximum atomic E-state index is 12.5. The van der Waals surface area contributed by atoms with Crippen molar-refractivity contribution in [3.8, 4) is 0 Å². The highest BCUT2D eigenvalue weighted by atomic mass is 35.5. The number of thiazole rings is 1. The fourth-order valence-electron chi connectivity index (χ4n) is 1.87. The Morgan fingerprint density at radius 3 is 2.81 bits per heavy atom. The lowest BCUT2D eigenvalue weighted by Crippen LogP contribution is -2.68. The maximum Gasteiger partial charge on any atom is 0.276 e. The van der Waals surface area contributed by atoms with E-state index in [2.05, 4.69) is 30.9 Å². The van der Waals surface area contributed by atoms with Crippen LogP contribution in [0.15, 0.2) is 10.5 Å². The van der Waals surface area contributed by atoms with Crippen LogP contribution >= 0.6 is 34.7 Å². The SMILES string of the molecule is CON=C(C(=O)N[C@@H]1C(=O)N[C@@H]1SC(C)=O)c1csc(NC(=O)CCl)n1. The smallest absolute Gasteiger partial charge is 0.276 e. The number of β-lactam (4-membered cyclic amide) rings is 1. The first-order valence-electron chi connectivity index (χ1n) is 7.07. The zero-order valence-corrected chi connectivity index (χ0v) is 16.0. The van der Waals surface area contributed by atoms with Crippen LogP contribution in [0.5, 0.6) is 0 Å². The van der Waals surface area contributed by atoms with Crippen molar-refractivity contribution >= 4 is 68.4 Å². The Morgan fingerprint density at radius 1 is 1.50 bits per heavy atom. The molecule has 1 aromatic heterocycles. The van der Waals surface area contributed by atoms with Crippen molar-refractivity contribution < 1.29 is 24.0 Å². The van der Waals surface area contributed by atoms with Gasteiger partial charge in [-0.05, 0) is 0 Å². The molecule has 0 unspecified atom stereocenters. The molecule has 1 aromatic rings. The van der Waals surface area contributed by atoms with Crippen LogP contribution in [0, 0.1) is 0 Å². The fraction of sp³-hybridized carbons (Fsp3) is 0.385. The molecule has 2 heterocycles. The quantitative estimate of drug-likeness (QED) is 0.242. The number of nitrogens with one attached hydrogen (secondary N) is 3. The van der Waals surface area contributed by atoms with E-state index in [0.717, 1.165) is 23.1 Å². The van der Waals surface area contributed by atoms with Crippen molar-refractivity contribution in [2.24, 2.45) is 5.16 Å². The first-order chi connectivity index (χ1) is 12.3. The van der Waals surface area contributed by atoms with Crippen molar-refractivity contribution in [1.82, 2.24) is 15.6 Å². The number of carbonyl (C=O) groups excluding carboxylic acids is 4. The number of oxime groups is 1. The van der Waals surface area contributed by atoms with Gasteiger partial charge in [-0.25, -0.2) is 4.98 Å². The van der Waals surface area contributed by atoms with Crippen LogP contribution in [-0.2, 0) is 24.0 Å². The minimum atomic E-state index is -0.882. The summed E-state index contributed by atoms with van der Waals surface area (Å²) in [6, 6.07) is -0.882. The second-order valence-corrected chi connectivity index (χ2v) is 7.28. The van der Waals surface area contributed by atoms with Crippen molar-refractivity contribution in [2.45, 2.75) is 18.3 Å². The average molecular weight is 420 g/mol. The molecular formula is C13H14ClN5O5S2. The predicted molar refractivity (Wildman–Crippen MR) is 97.1 cm³/mol. The molecule has 3 amide bonds. The Hall–Kier alpha value is -2.18. The van der Waals surface area contributed by atoms with Crippen LogP contribution in [0.1, 0.15) is 12.6 Å². The third-order valence-electron chi connectivity index (χ3n) is 2.96. The summed E-state index contributed by atoms with van der Waals surface area (Å²) in [7, 11) is 1.25. The van der Waals surface area contributed by atoms with E-state index in [1.165, 1.54) is 19.4 Å². The van der Waals surface area contributed by atoms with E-state index >= 15 is 0 Å². The van der Waals surface area contributed by atoms with Gasteiger partial charge in [0.15, 0.2) is 16.0 Å².